The molecule has 0 spiro atoms. The van der Waals surface area contributed by atoms with Crippen molar-refractivity contribution in [3.63, 3.8) is 0 Å². The Hall–Kier alpha value is -1.38. The zero-order valence-electron chi connectivity index (χ0n) is 12.0. The second kappa shape index (κ2) is 5.55. The van der Waals surface area contributed by atoms with Crippen LogP contribution >= 0.6 is 0 Å². The van der Waals surface area contributed by atoms with E-state index in [0.29, 0.717) is 17.6 Å². The Kier molecular flexibility index (Phi) is 3.77. The van der Waals surface area contributed by atoms with Crippen LogP contribution in [-0.2, 0) is 0 Å². The number of carbonyl (C=O) groups excluding carboxylic acids is 1. The highest BCUT2D eigenvalue weighted by Gasteiger charge is 2.38. The third-order valence-electron chi connectivity index (χ3n) is 4.63. The van der Waals surface area contributed by atoms with Crippen molar-refractivity contribution in [2.45, 2.75) is 57.5 Å². The maximum atomic E-state index is 13.3. The first kappa shape index (κ1) is 13.6. The summed E-state index contributed by atoms with van der Waals surface area (Å²) in [6, 6.07) is 6.85. The van der Waals surface area contributed by atoms with Crippen LogP contribution in [0.4, 0.5) is 4.39 Å². The highest BCUT2D eigenvalue weighted by Crippen LogP contribution is 2.36. The van der Waals surface area contributed by atoms with Gasteiger partial charge in [0.05, 0.1) is 0 Å². The van der Waals surface area contributed by atoms with Crippen molar-refractivity contribution in [1.82, 2.24) is 4.90 Å². The third kappa shape index (κ3) is 2.87. The van der Waals surface area contributed by atoms with E-state index in [9.17, 15) is 9.18 Å². The summed E-state index contributed by atoms with van der Waals surface area (Å²) in [5, 5.41) is 0. The first-order valence-corrected chi connectivity index (χ1v) is 7.73. The van der Waals surface area contributed by atoms with Crippen LogP contribution in [0.5, 0.6) is 0 Å². The number of hydrogen-bond donors (Lipinski definition) is 0. The molecule has 1 aromatic rings. The molecule has 2 aliphatic carbocycles. The van der Waals surface area contributed by atoms with Crippen molar-refractivity contribution in [2.75, 3.05) is 0 Å². The zero-order valence-corrected chi connectivity index (χ0v) is 12.0. The fourth-order valence-corrected chi connectivity index (χ4v) is 3.27. The average Bonchev–Trinajstić information content (AvgIpc) is 3.26. The van der Waals surface area contributed by atoms with E-state index in [4.69, 9.17) is 0 Å². The summed E-state index contributed by atoms with van der Waals surface area (Å²) < 4.78 is 13.3. The molecular weight excluding hydrogens is 253 g/mol. The fourth-order valence-electron chi connectivity index (χ4n) is 3.27. The second-order valence-corrected chi connectivity index (χ2v) is 6.37. The first-order chi connectivity index (χ1) is 9.65. The largest absolute Gasteiger partial charge is 0.333 e. The van der Waals surface area contributed by atoms with Gasteiger partial charge in [0.25, 0.3) is 5.91 Å². The Balaban J connectivity index is 1.78. The number of rotatable bonds is 3. The smallest absolute Gasteiger partial charge is 0.254 e. The van der Waals surface area contributed by atoms with Crippen LogP contribution in [-0.4, -0.2) is 22.9 Å². The van der Waals surface area contributed by atoms with E-state index in [-0.39, 0.29) is 11.7 Å². The van der Waals surface area contributed by atoms with Crippen molar-refractivity contribution in [3.8, 4) is 0 Å². The molecule has 2 aliphatic rings. The maximum absolute atomic E-state index is 13.3. The van der Waals surface area contributed by atoms with Crippen LogP contribution in [0.25, 0.3) is 0 Å². The molecule has 0 unspecified atom stereocenters. The summed E-state index contributed by atoms with van der Waals surface area (Å²) in [6.07, 6.45) is 6.80. The molecule has 108 valence electrons. The molecule has 0 bridgehead atoms. The molecular formula is C17H22FNO. The molecule has 3 rings (SSSR count). The summed E-state index contributed by atoms with van der Waals surface area (Å²) >= 11 is 0. The number of amides is 1. The Morgan fingerprint density at radius 1 is 1.10 bits per heavy atom. The Morgan fingerprint density at radius 2 is 1.70 bits per heavy atom. The summed E-state index contributed by atoms with van der Waals surface area (Å²) in [5.74, 6) is 0.465. The number of halogens is 1. The zero-order chi connectivity index (χ0) is 14.1. The molecule has 3 heteroatoms. The van der Waals surface area contributed by atoms with E-state index in [1.165, 1.54) is 25.0 Å². The third-order valence-corrected chi connectivity index (χ3v) is 4.63. The van der Waals surface area contributed by atoms with Crippen LogP contribution in [0.1, 0.15) is 55.8 Å². The van der Waals surface area contributed by atoms with Gasteiger partial charge in [-0.1, -0.05) is 13.0 Å². The number of carbonyl (C=O) groups is 1. The average molecular weight is 275 g/mol. The van der Waals surface area contributed by atoms with Crippen molar-refractivity contribution in [1.29, 1.82) is 0 Å². The first-order valence-electron chi connectivity index (χ1n) is 7.73. The molecule has 1 aromatic carbocycles. The predicted molar refractivity (Wildman–Crippen MR) is 77.0 cm³/mol. The molecule has 0 saturated heterocycles. The molecule has 0 radical (unpaired) electrons. The SMILES string of the molecule is CC1CCC(N(C(=O)c2cccc(F)c2)C2CC2)CC1. The molecule has 0 atom stereocenters. The minimum Gasteiger partial charge on any atom is -0.333 e. The van der Waals surface area contributed by atoms with Gasteiger partial charge in [0.2, 0.25) is 0 Å². The molecule has 2 saturated carbocycles. The molecule has 2 fully saturated rings. The second-order valence-electron chi connectivity index (χ2n) is 6.37. The van der Waals surface area contributed by atoms with Gasteiger partial charge in [-0.05, 0) is 62.6 Å². The van der Waals surface area contributed by atoms with Crippen molar-refractivity contribution in [3.05, 3.63) is 35.6 Å². The van der Waals surface area contributed by atoms with E-state index in [0.717, 1.165) is 31.6 Å². The maximum Gasteiger partial charge on any atom is 0.254 e. The van der Waals surface area contributed by atoms with Gasteiger partial charge in [0.1, 0.15) is 5.82 Å². The summed E-state index contributed by atoms with van der Waals surface area (Å²) in [6.45, 7) is 2.28. The molecule has 0 aliphatic heterocycles. The van der Waals surface area contributed by atoms with Gasteiger partial charge in [0, 0.05) is 17.6 Å². The Bertz CT molecular complexity index is 490. The van der Waals surface area contributed by atoms with Gasteiger partial charge in [-0.15, -0.1) is 0 Å². The molecule has 0 N–H and O–H groups in total. The van der Waals surface area contributed by atoms with Crippen molar-refractivity contribution >= 4 is 5.91 Å². The lowest BCUT2D eigenvalue weighted by atomic mass is 9.86. The van der Waals surface area contributed by atoms with E-state index >= 15 is 0 Å². The van der Waals surface area contributed by atoms with Crippen LogP contribution < -0.4 is 0 Å². The molecule has 0 heterocycles. The number of hydrogen-bond acceptors (Lipinski definition) is 1. The summed E-state index contributed by atoms with van der Waals surface area (Å²) in [7, 11) is 0. The standard InChI is InChI=1S/C17H22FNO/c1-12-5-7-15(8-6-12)19(16-9-10-16)17(20)13-3-2-4-14(18)11-13/h2-4,11-12,15-16H,5-10H2,1H3. The van der Waals surface area contributed by atoms with Gasteiger partial charge in [-0.2, -0.15) is 0 Å². The van der Waals surface area contributed by atoms with E-state index in [2.05, 4.69) is 11.8 Å². The minimum absolute atomic E-state index is 0.0200. The van der Waals surface area contributed by atoms with Crippen LogP contribution in [0.3, 0.4) is 0 Å². The normalized spacial score (nSPS) is 26.3. The van der Waals surface area contributed by atoms with Crippen LogP contribution in [0, 0.1) is 11.7 Å². The lowest BCUT2D eigenvalue weighted by Crippen LogP contribution is -2.43. The molecule has 1 amide bonds. The van der Waals surface area contributed by atoms with Crippen LogP contribution in [0.15, 0.2) is 24.3 Å². The fraction of sp³-hybridized carbons (Fsp3) is 0.588. The lowest BCUT2D eigenvalue weighted by Gasteiger charge is -2.36. The predicted octanol–water partition coefficient (Wildman–Crippen LogP) is 4.01. The Labute approximate surface area is 120 Å². The lowest BCUT2D eigenvalue weighted by molar-refractivity contribution is 0.0592. The van der Waals surface area contributed by atoms with E-state index in [1.807, 2.05) is 0 Å². The van der Waals surface area contributed by atoms with Crippen LogP contribution in [0.2, 0.25) is 0 Å². The topological polar surface area (TPSA) is 20.3 Å². The van der Waals surface area contributed by atoms with Gasteiger partial charge in [0.15, 0.2) is 0 Å². The highest BCUT2D eigenvalue weighted by molar-refractivity contribution is 5.94. The van der Waals surface area contributed by atoms with Crippen molar-refractivity contribution < 1.29 is 9.18 Å². The number of nitrogens with zero attached hydrogens (tertiary/aromatic N) is 1. The van der Waals surface area contributed by atoms with Gasteiger partial charge < -0.3 is 4.90 Å². The molecule has 2 nitrogen and oxygen atoms in total. The quantitative estimate of drug-likeness (QED) is 0.816. The molecule has 0 aromatic heterocycles. The van der Waals surface area contributed by atoms with Gasteiger partial charge in [-0.3, -0.25) is 4.79 Å². The van der Waals surface area contributed by atoms with Gasteiger partial charge >= 0.3 is 0 Å². The summed E-state index contributed by atoms with van der Waals surface area (Å²) in [4.78, 5) is 14.8. The molecule has 20 heavy (non-hydrogen) atoms. The Morgan fingerprint density at radius 3 is 2.25 bits per heavy atom. The number of benzene rings is 1. The van der Waals surface area contributed by atoms with Crippen molar-refractivity contribution in [2.24, 2.45) is 5.92 Å². The minimum atomic E-state index is -0.330. The van der Waals surface area contributed by atoms with Gasteiger partial charge in [-0.25, -0.2) is 4.39 Å². The summed E-state index contributed by atoms with van der Waals surface area (Å²) in [5.41, 5.74) is 0.496. The monoisotopic (exact) mass is 275 g/mol. The van der Waals surface area contributed by atoms with E-state index in [1.54, 1.807) is 12.1 Å². The highest BCUT2D eigenvalue weighted by atomic mass is 19.1. The van der Waals surface area contributed by atoms with E-state index < -0.39 is 0 Å².